The van der Waals surface area contributed by atoms with E-state index in [-0.39, 0.29) is 17.5 Å². The van der Waals surface area contributed by atoms with Crippen molar-refractivity contribution in [3.8, 4) is 0 Å². The second-order valence-electron chi connectivity index (χ2n) is 13.3. The number of hydrogen-bond donors (Lipinski definition) is 2. The molecule has 34 heavy (non-hydrogen) atoms. The summed E-state index contributed by atoms with van der Waals surface area (Å²) in [4.78, 5) is 11.6. The van der Waals surface area contributed by atoms with Crippen LogP contribution in [0.15, 0.2) is 11.3 Å². The van der Waals surface area contributed by atoms with E-state index in [1.807, 2.05) is 0 Å². The van der Waals surface area contributed by atoms with Crippen LogP contribution < -0.4 is 5.23 Å². The van der Waals surface area contributed by atoms with Gasteiger partial charge in [0.15, 0.2) is 0 Å². The lowest BCUT2D eigenvalue weighted by Gasteiger charge is -2.59. The number of rotatable bonds is 7. The Balaban J connectivity index is 1.57. The van der Waals surface area contributed by atoms with Crippen molar-refractivity contribution in [2.75, 3.05) is 0 Å². The highest BCUT2D eigenvalue weighted by molar-refractivity contribution is 5.66. The minimum absolute atomic E-state index is 0.0599. The van der Waals surface area contributed by atoms with Crippen molar-refractivity contribution in [3.63, 3.8) is 0 Å². The molecular formula is C29H49NO4. The molecule has 4 aliphatic rings. The maximum atomic E-state index is 12.5. The molecule has 0 saturated heterocycles. The number of fused-ring (bicyclic) bond motifs is 5. The first kappa shape index (κ1) is 26.2. The number of carbonyl (C=O) groups excluding carboxylic acids is 1. The van der Waals surface area contributed by atoms with E-state index in [1.165, 1.54) is 51.9 Å². The molecule has 0 aromatic rings. The zero-order valence-electron chi connectivity index (χ0n) is 22.5. The first-order chi connectivity index (χ1) is 16.0. The summed E-state index contributed by atoms with van der Waals surface area (Å²) in [6.07, 6.45) is 12.0. The fourth-order valence-electron chi connectivity index (χ4n) is 9.35. The molecule has 2 N–H and O–H groups in total. The van der Waals surface area contributed by atoms with Crippen molar-refractivity contribution in [1.29, 1.82) is 0 Å². The third-order valence-corrected chi connectivity index (χ3v) is 11.0. The van der Waals surface area contributed by atoms with E-state index in [0.29, 0.717) is 41.7 Å². The number of carbonyl (C=O) groups is 1. The summed E-state index contributed by atoms with van der Waals surface area (Å²) in [7, 11) is 0. The quantitative estimate of drug-likeness (QED) is 0.347. The third kappa shape index (κ3) is 4.62. The Morgan fingerprint density at radius 1 is 1.09 bits per heavy atom. The standard InChI is InChI=1S/C29H49NO4/c1-18(2)8-7-9-19(3)23-10-11-24-22-17-27(30(32)33)26-16-21(34-20(4)31)12-14-29(26,6)25(22)13-15-28(23,24)5/h18-19,21-25,30,32H,7-17H2,1-6H3/t19-,21+,22-,23-,24+,25-,28-,29-/m1/s1. The molecule has 3 fully saturated rings. The van der Waals surface area contributed by atoms with Gasteiger partial charge in [-0.05, 0) is 90.4 Å². The van der Waals surface area contributed by atoms with Gasteiger partial charge in [-0.1, -0.05) is 53.9 Å². The smallest absolute Gasteiger partial charge is 0.302 e. The van der Waals surface area contributed by atoms with Crippen LogP contribution in [-0.4, -0.2) is 17.3 Å². The zero-order valence-corrected chi connectivity index (χ0v) is 22.5. The molecule has 5 nitrogen and oxygen atoms in total. The van der Waals surface area contributed by atoms with Gasteiger partial charge in [-0.25, -0.2) is 5.21 Å². The molecule has 0 spiro atoms. The van der Waals surface area contributed by atoms with Gasteiger partial charge in [0.25, 0.3) is 0 Å². The molecule has 0 bridgehead atoms. The molecule has 194 valence electrons. The predicted molar refractivity (Wildman–Crippen MR) is 134 cm³/mol. The van der Waals surface area contributed by atoms with Gasteiger partial charge >= 0.3 is 5.97 Å². The molecule has 0 heterocycles. The largest absolute Gasteiger partial charge is 0.595 e. The second-order valence-corrected chi connectivity index (χ2v) is 13.3. The van der Waals surface area contributed by atoms with Crippen LogP contribution in [0, 0.1) is 51.5 Å². The van der Waals surface area contributed by atoms with Crippen LogP contribution in [0.2, 0.25) is 0 Å². The van der Waals surface area contributed by atoms with E-state index >= 15 is 0 Å². The summed E-state index contributed by atoms with van der Waals surface area (Å²) in [5.41, 5.74) is 2.04. The van der Waals surface area contributed by atoms with Crippen LogP contribution in [0.5, 0.6) is 0 Å². The lowest BCUT2D eigenvalue weighted by molar-refractivity contribution is -1.02. The Morgan fingerprint density at radius 2 is 1.82 bits per heavy atom. The molecular weight excluding hydrogens is 426 g/mol. The van der Waals surface area contributed by atoms with Crippen molar-refractivity contribution < 1.29 is 20.0 Å². The second kappa shape index (κ2) is 9.86. The molecule has 4 rings (SSSR count). The first-order valence-corrected chi connectivity index (χ1v) is 14.1. The van der Waals surface area contributed by atoms with E-state index < -0.39 is 5.23 Å². The molecule has 1 unspecified atom stereocenters. The van der Waals surface area contributed by atoms with Crippen molar-refractivity contribution >= 4 is 5.97 Å². The summed E-state index contributed by atoms with van der Waals surface area (Å²) in [6.45, 7) is 13.5. The van der Waals surface area contributed by atoms with Gasteiger partial charge in [-0.3, -0.25) is 4.79 Å². The van der Waals surface area contributed by atoms with Gasteiger partial charge in [0.05, 0.1) is 0 Å². The highest BCUT2D eigenvalue weighted by Gasteiger charge is 2.61. The number of hydrogen-bond acceptors (Lipinski definition) is 4. The predicted octanol–water partition coefficient (Wildman–Crippen LogP) is 6.06. The van der Waals surface area contributed by atoms with Gasteiger partial charge in [0.1, 0.15) is 11.8 Å². The highest BCUT2D eigenvalue weighted by Crippen LogP contribution is 2.68. The topological polar surface area (TPSA) is 74.0 Å². The SMILES string of the molecule is CC(=O)O[C@H]1CC[C@@]2(C)C(=C([NH+]([O-])O)C[C@H]3[C@H]2CC[C@]2(C)[C@@H]([C@H](C)CCCC(C)C)CC[C@@H]32)C1. The Labute approximate surface area is 207 Å². The van der Waals surface area contributed by atoms with Gasteiger partial charge in [0.2, 0.25) is 0 Å². The van der Waals surface area contributed by atoms with Crippen LogP contribution in [-0.2, 0) is 9.53 Å². The molecule has 0 aliphatic heterocycles. The normalized spacial score (nSPS) is 41.5. The maximum absolute atomic E-state index is 12.5. The van der Waals surface area contributed by atoms with Crippen LogP contribution in [0.1, 0.15) is 112 Å². The molecule has 0 aromatic heterocycles. The summed E-state index contributed by atoms with van der Waals surface area (Å²) in [5.74, 6) is 3.75. The van der Waals surface area contributed by atoms with E-state index in [0.717, 1.165) is 36.2 Å². The van der Waals surface area contributed by atoms with Crippen molar-refractivity contribution in [2.24, 2.45) is 46.3 Å². The van der Waals surface area contributed by atoms with Crippen molar-refractivity contribution in [2.45, 2.75) is 118 Å². The minimum atomic E-state index is -0.743. The Bertz CT molecular complexity index is 791. The van der Waals surface area contributed by atoms with E-state index in [1.54, 1.807) is 0 Å². The zero-order chi connectivity index (χ0) is 24.8. The Morgan fingerprint density at radius 3 is 2.47 bits per heavy atom. The number of quaternary nitrogens is 1. The molecule has 9 atom stereocenters. The van der Waals surface area contributed by atoms with Crippen LogP contribution in [0.3, 0.4) is 0 Å². The van der Waals surface area contributed by atoms with Crippen LogP contribution >= 0.6 is 0 Å². The van der Waals surface area contributed by atoms with Crippen molar-refractivity contribution in [3.05, 3.63) is 16.5 Å². The van der Waals surface area contributed by atoms with E-state index in [2.05, 4.69) is 34.6 Å². The molecule has 0 amide bonds. The maximum Gasteiger partial charge on any atom is 0.302 e. The summed E-state index contributed by atoms with van der Waals surface area (Å²) in [5, 5.41) is 22.0. The van der Waals surface area contributed by atoms with E-state index in [9.17, 15) is 15.2 Å². The summed E-state index contributed by atoms with van der Waals surface area (Å²) < 4.78 is 5.56. The Kier molecular flexibility index (Phi) is 7.59. The summed E-state index contributed by atoms with van der Waals surface area (Å²) >= 11 is 0. The van der Waals surface area contributed by atoms with Crippen LogP contribution in [0.4, 0.5) is 0 Å². The third-order valence-electron chi connectivity index (χ3n) is 11.0. The first-order valence-electron chi connectivity index (χ1n) is 14.1. The van der Waals surface area contributed by atoms with Gasteiger partial charge in [0, 0.05) is 19.8 Å². The molecule has 0 aromatic carbocycles. The fraction of sp³-hybridized carbons (Fsp3) is 0.897. The average molecular weight is 476 g/mol. The van der Waals surface area contributed by atoms with Crippen LogP contribution in [0.25, 0.3) is 0 Å². The monoisotopic (exact) mass is 475 g/mol. The Hall–Kier alpha value is -0.910. The lowest BCUT2D eigenvalue weighted by Crippen LogP contribution is -3.03. The van der Waals surface area contributed by atoms with Gasteiger partial charge < -0.3 is 9.94 Å². The number of hydroxylamine groups is 2. The number of allylic oxidation sites excluding steroid dienone is 1. The van der Waals surface area contributed by atoms with Gasteiger partial charge in [-0.2, -0.15) is 5.23 Å². The molecule has 4 aliphatic carbocycles. The minimum Gasteiger partial charge on any atom is -0.595 e. The summed E-state index contributed by atoms with van der Waals surface area (Å²) in [6, 6.07) is 0. The number of nitrogens with one attached hydrogen (secondary N) is 1. The number of ether oxygens (including phenoxy) is 1. The lowest BCUT2D eigenvalue weighted by atomic mass is 9.46. The molecule has 3 saturated carbocycles. The average Bonchev–Trinajstić information content (AvgIpc) is 3.10. The van der Waals surface area contributed by atoms with E-state index in [4.69, 9.17) is 4.74 Å². The number of esters is 1. The molecule has 0 radical (unpaired) electrons. The van der Waals surface area contributed by atoms with Crippen molar-refractivity contribution in [1.82, 2.24) is 0 Å². The van der Waals surface area contributed by atoms with Gasteiger partial charge in [-0.15, -0.1) is 0 Å². The highest BCUT2D eigenvalue weighted by atomic mass is 16.8. The fourth-order valence-corrected chi connectivity index (χ4v) is 9.35. The molecule has 5 heteroatoms.